The lowest BCUT2D eigenvalue weighted by Crippen LogP contribution is -2.29. The van der Waals surface area contributed by atoms with Crippen molar-refractivity contribution in [1.82, 2.24) is 19.9 Å². The fourth-order valence-corrected chi connectivity index (χ4v) is 9.40. The second-order valence-corrected chi connectivity index (χ2v) is 18.8. The molecule has 1 amide bonds. The van der Waals surface area contributed by atoms with Crippen LogP contribution in [0, 0.1) is 11.8 Å². The normalized spacial score (nSPS) is 18.9. The lowest BCUT2D eigenvalue weighted by Gasteiger charge is -2.21. The first-order valence-electron chi connectivity index (χ1n) is 16.0. The molecule has 3 rings (SSSR count). The Kier molecular flexibility index (Phi) is 19.0. The number of aliphatic hydroxyl groups is 1. The van der Waals surface area contributed by atoms with Crippen LogP contribution in [-0.2, 0) is 45.8 Å². The van der Waals surface area contributed by atoms with Crippen molar-refractivity contribution in [3.8, 4) is 11.8 Å². The number of hydrogen-bond acceptors (Lipinski definition) is 18. The molecule has 3 unspecified atom stereocenters. The number of aromatic amines is 1. The molecular formula is C26H41N8O16P3S2. The monoisotopic (exact) mass is 878 g/mol. The number of phosphoric acid groups is 2. The highest BCUT2D eigenvalue weighted by atomic mass is 33.1. The Balaban J connectivity index is 1.60. The molecule has 0 radical (unpaired) electrons. The third kappa shape index (κ3) is 16.8. The summed E-state index contributed by atoms with van der Waals surface area (Å²) in [6, 6.07) is 0. The van der Waals surface area contributed by atoms with E-state index < -0.39 is 67.3 Å². The molecule has 2 aromatic heterocycles. The number of carbonyl (C=O) groups is 1. The van der Waals surface area contributed by atoms with Crippen molar-refractivity contribution >= 4 is 68.6 Å². The topological polar surface area (TPSA) is 351 Å². The second-order valence-electron chi connectivity index (χ2n) is 11.7. The molecule has 5 atom stereocenters. The number of nitrogens with one attached hydrogen (secondary N) is 2. The molecule has 0 spiro atoms. The Labute approximate surface area is 321 Å². The Hall–Kier alpha value is -2.65. The van der Waals surface area contributed by atoms with E-state index in [0.29, 0.717) is 31.8 Å². The van der Waals surface area contributed by atoms with Crippen molar-refractivity contribution < 1.29 is 70.4 Å². The first kappa shape index (κ1) is 46.7. The number of unbranched alkanes of at least 4 members (excludes halogenated alkanes) is 1. The molecular weight excluding hydrogens is 837 g/mol. The summed E-state index contributed by atoms with van der Waals surface area (Å²) in [6.07, 6.45) is -0.637. The summed E-state index contributed by atoms with van der Waals surface area (Å²) in [5.74, 6) is 5.76. The molecule has 0 saturated carbocycles. The number of amides is 1. The van der Waals surface area contributed by atoms with E-state index in [1.54, 1.807) is 21.6 Å². The molecule has 1 aliphatic rings. The maximum atomic E-state index is 12.9. The number of H-pyrrole nitrogens is 1. The number of azide groups is 1. The zero-order valence-corrected chi connectivity index (χ0v) is 33.7. The van der Waals surface area contributed by atoms with Crippen LogP contribution in [0.15, 0.2) is 16.1 Å². The van der Waals surface area contributed by atoms with Crippen LogP contribution < -0.4 is 16.6 Å². The number of hydrogen-bond donors (Lipinski definition) is 7. The minimum atomic E-state index is -5.32. The molecule has 0 aliphatic carbocycles. The minimum absolute atomic E-state index is 0.00986. The standard InChI is InChI=1S/C26H41N8O16P3S2/c1-26(2,7-9-35)55-54-16-44-10-3-4-11-45-25(37)29-8-5-6-17-13-34(22-21(17)23(36)32-24(27)31-22)20-12-18(46-15-30-33-28)19(48-20)14-47-53(42,43)50-51(38)49-52(39,40)41/h13,18-20,35,51H,3-4,7-12,14-16H2,1-2H3,(H,29,37)(H,42,43)(H2,39,40,41)(H3,27,31,32,36)/t18-,19+,20?/m0/s1. The summed E-state index contributed by atoms with van der Waals surface area (Å²) in [5, 5.41) is 14.9. The SMILES string of the molecule is CC(C)(CCO)SSCOCCCCOC(=O)NCC#Cc1cn(C2C[C@H](OCN=[N+]=[N-])[C@@H](COP(=O)(O)O[PH](=O)OP(=O)(O)O)O2)c2nc(N)[nH]c(=O)c12. The Morgan fingerprint density at radius 1 is 1.31 bits per heavy atom. The van der Waals surface area contributed by atoms with Gasteiger partial charge in [0.05, 0.1) is 36.8 Å². The van der Waals surface area contributed by atoms with E-state index in [4.69, 9.17) is 49.6 Å². The number of aromatic nitrogens is 3. The van der Waals surface area contributed by atoms with Gasteiger partial charge in [-0.25, -0.2) is 22.5 Å². The fourth-order valence-electron chi connectivity index (χ4n) is 4.61. The van der Waals surface area contributed by atoms with Gasteiger partial charge in [-0.3, -0.25) is 18.9 Å². The number of carbonyl (C=O) groups excluding carboxylic acids is 1. The highest BCUT2D eigenvalue weighted by molar-refractivity contribution is 8.77. The highest BCUT2D eigenvalue weighted by Gasteiger charge is 2.40. The second kappa shape index (κ2) is 22.3. The summed E-state index contributed by atoms with van der Waals surface area (Å²) < 4.78 is 71.0. The predicted molar refractivity (Wildman–Crippen MR) is 198 cm³/mol. The maximum Gasteiger partial charge on any atom is 0.479 e. The van der Waals surface area contributed by atoms with Gasteiger partial charge < -0.3 is 54.4 Å². The fraction of sp³-hybridized carbons (Fsp3) is 0.654. The molecule has 24 nitrogen and oxygen atoms in total. The first-order chi connectivity index (χ1) is 25.9. The number of alkyl carbamates (subject to hydrolysis) is 1. The van der Waals surface area contributed by atoms with E-state index in [1.165, 1.54) is 10.8 Å². The van der Waals surface area contributed by atoms with Crippen molar-refractivity contribution in [2.45, 2.75) is 62.7 Å². The number of nitrogen functional groups attached to an aromatic ring is 1. The third-order valence-corrected chi connectivity index (χ3v) is 13.6. The molecule has 1 fully saturated rings. The number of rotatable bonds is 23. The predicted octanol–water partition coefficient (Wildman–Crippen LogP) is 3.25. The van der Waals surface area contributed by atoms with Crippen molar-refractivity contribution in [3.63, 3.8) is 0 Å². The molecule has 3 heterocycles. The number of aliphatic hydroxyl groups excluding tert-OH is 1. The van der Waals surface area contributed by atoms with Gasteiger partial charge in [0.2, 0.25) is 5.95 Å². The van der Waals surface area contributed by atoms with E-state index in [1.807, 2.05) is 13.8 Å². The smallest absolute Gasteiger partial charge is 0.450 e. The van der Waals surface area contributed by atoms with Gasteiger partial charge >= 0.3 is 30.0 Å². The number of phosphoric ester groups is 1. The first-order valence-corrected chi connectivity index (χ1v) is 22.5. The molecule has 1 aliphatic heterocycles. The van der Waals surface area contributed by atoms with Crippen LogP contribution in [0.5, 0.6) is 0 Å². The number of nitrogens with zero attached hydrogens (tertiary/aromatic N) is 5. The van der Waals surface area contributed by atoms with E-state index >= 15 is 0 Å². The third-order valence-electron chi connectivity index (χ3n) is 6.98. The van der Waals surface area contributed by atoms with Gasteiger partial charge in [-0.05, 0) is 38.6 Å². The summed E-state index contributed by atoms with van der Waals surface area (Å²) in [6.45, 7) is 3.44. The van der Waals surface area contributed by atoms with E-state index in [2.05, 4.69) is 45.8 Å². The highest BCUT2D eigenvalue weighted by Crippen LogP contribution is 2.58. The average Bonchev–Trinajstić information content (AvgIpc) is 3.65. The minimum Gasteiger partial charge on any atom is -0.450 e. The molecule has 0 aromatic carbocycles. The lowest BCUT2D eigenvalue weighted by molar-refractivity contribution is -0.0579. The molecule has 308 valence electrons. The van der Waals surface area contributed by atoms with Crippen LogP contribution in [-0.4, -0.2) is 103 Å². The largest absolute Gasteiger partial charge is 0.479 e. The van der Waals surface area contributed by atoms with Gasteiger partial charge in [0.25, 0.3) is 5.56 Å². The van der Waals surface area contributed by atoms with E-state index in [-0.39, 0.29) is 53.5 Å². The Morgan fingerprint density at radius 3 is 2.76 bits per heavy atom. The molecule has 55 heavy (non-hydrogen) atoms. The van der Waals surface area contributed by atoms with Gasteiger partial charge in [-0.2, -0.15) is 4.98 Å². The molecule has 29 heteroatoms. The summed E-state index contributed by atoms with van der Waals surface area (Å²) in [4.78, 5) is 61.6. The van der Waals surface area contributed by atoms with Crippen LogP contribution in [0.25, 0.3) is 21.5 Å². The van der Waals surface area contributed by atoms with Crippen LogP contribution in [0.4, 0.5) is 10.7 Å². The summed E-state index contributed by atoms with van der Waals surface area (Å²) in [7, 11) is -11.5. The van der Waals surface area contributed by atoms with Gasteiger partial charge in [-0.1, -0.05) is 38.5 Å². The van der Waals surface area contributed by atoms with Gasteiger partial charge in [0, 0.05) is 35.5 Å². The van der Waals surface area contributed by atoms with E-state index in [0.717, 1.165) is 0 Å². The quantitative estimate of drug-likeness (QED) is 0.0123. The molecule has 8 N–H and O–H groups in total. The lowest BCUT2D eigenvalue weighted by atomic mass is 10.1. The summed E-state index contributed by atoms with van der Waals surface area (Å²) >= 11 is 0. The Morgan fingerprint density at radius 2 is 2.05 bits per heavy atom. The molecule has 1 saturated heterocycles. The van der Waals surface area contributed by atoms with Crippen LogP contribution >= 0.6 is 45.5 Å². The van der Waals surface area contributed by atoms with Crippen molar-refractivity contribution in [2.24, 2.45) is 5.11 Å². The van der Waals surface area contributed by atoms with Crippen molar-refractivity contribution in [1.29, 1.82) is 0 Å². The maximum absolute atomic E-state index is 12.9. The molecule has 0 bridgehead atoms. The van der Waals surface area contributed by atoms with Crippen molar-refractivity contribution in [2.75, 3.05) is 51.4 Å². The summed E-state index contributed by atoms with van der Waals surface area (Å²) in [5.41, 5.74) is 14.0. The number of anilines is 1. The van der Waals surface area contributed by atoms with Crippen LogP contribution in [0.2, 0.25) is 0 Å². The van der Waals surface area contributed by atoms with Gasteiger partial charge in [0.15, 0.2) is 5.65 Å². The van der Waals surface area contributed by atoms with Gasteiger partial charge in [0.1, 0.15) is 25.0 Å². The van der Waals surface area contributed by atoms with Crippen LogP contribution in [0.1, 0.15) is 51.3 Å². The number of fused-ring (bicyclic) bond motifs is 1. The molecule has 2 aromatic rings. The zero-order chi connectivity index (χ0) is 40.6. The van der Waals surface area contributed by atoms with E-state index in [9.17, 15) is 28.2 Å². The Bertz CT molecular complexity index is 1900. The number of ether oxygens (including phenoxy) is 4. The zero-order valence-electron chi connectivity index (χ0n) is 29.3. The number of nitrogens with two attached hydrogens (primary N) is 1. The van der Waals surface area contributed by atoms with Crippen LogP contribution in [0.3, 0.4) is 0 Å². The van der Waals surface area contributed by atoms with Crippen molar-refractivity contribution in [3.05, 3.63) is 32.6 Å². The average molecular weight is 879 g/mol. The van der Waals surface area contributed by atoms with Gasteiger partial charge in [-0.15, -0.1) is 0 Å².